The highest BCUT2D eigenvalue weighted by Crippen LogP contribution is 2.17. The van der Waals surface area contributed by atoms with Gasteiger partial charge in [0, 0.05) is 24.6 Å². The quantitative estimate of drug-likeness (QED) is 0.742. The maximum Gasteiger partial charge on any atom is 0.0430 e. The Morgan fingerprint density at radius 3 is 2.33 bits per heavy atom. The first-order chi connectivity index (χ1) is 5.75. The van der Waals surface area contributed by atoms with E-state index in [1.807, 2.05) is 12.4 Å². The van der Waals surface area contributed by atoms with Gasteiger partial charge in [-0.15, -0.1) is 0 Å². The molecule has 66 valence electrons. The van der Waals surface area contributed by atoms with Gasteiger partial charge in [-0.3, -0.25) is 4.98 Å². The fourth-order valence-corrected chi connectivity index (χ4v) is 1.23. The van der Waals surface area contributed by atoms with Crippen LogP contribution in [0.2, 0.25) is 0 Å². The Balaban J connectivity index is 2.81. The lowest BCUT2D eigenvalue weighted by molar-refractivity contribution is 0.972. The van der Waals surface area contributed by atoms with Gasteiger partial charge < -0.3 is 5.32 Å². The second-order valence-electron chi connectivity index (χ2n) is 3.08. The lowest BCUT2D eigenvalue weighted by Crippen LogP contribution is -2.03. The van der Waals surface area contributed by atoms with Crippen molar-refractivity contribution in [2.24, 2.45) is 0 Å². The summed E-state index contributed by atoms with van der Waals surface area (Å²) in [5, 5.41) is 3.39. The summed E-state index contributed by atoms with van der Waals surface area (Å²) in [6.45, 7) is 7.36. The Kier molecular flexibility index (Phi) is 3.09. The van der Waals surface area contributed by atoms with Crippen LogP contribution in [-0.2, 0) is 0 Å². The topological polar surface area (TPSA) is 24.9 Å². The highest BCUT2D eigenvalue weighted by atomic mass is 14.9. The first kappa shape index (κ1) is 9.04. The van der Waals surface area contributed by atoms with Crippen LogP contribution >= 0.6 is 0 Å². The molecule has 1 aromatic heterocycles. The number of aromatic nitrogens is 1. The molecule has 1 heterocycles. The minimum absolute atomic E-state index is 1.03. The van der Waals surface area contributed by atoms with Crippen LogP contribution in [0.3, 0.4) is 0 Å². The van der Waals surface area contributed by atoms with Crippen molar-refractivity contribution < 1.29 is 0 Å². The molecule has 0 aliphatic carbocycles. The van der Waals surface area contributed by atoms with E-state index in [9.17, 15) is 0 Å². The molecule has 0 aliphatic heterocycles. The Labute approximate surface area is 74.0 Å². The molecule has 0 spiro atoms. The number of rotatable bonds is 3. The second kappa shape index (κ2) is 4.10. The zero-order valence-corrected chi connectivity index (χ0v) is 8.02. The van der Waals surface area contributed by atoms with Crippen LogP contribution in [0.5, 0.6) is 0 Å². The molecule has 0 saturated carbocycles. The minimum atomic E-state index is 1.03. The van der Waals surface area contributed by atoms with Gasteiger partial charge in [-0.2, -0.15) is 0 Å². The molecule has 2 heteroatoms. The second-order valence-corrected chi connectivity index (χ2v) is 3.08. The summed E-state index contributed by atoms with van der Waals surface area (Å²) in [4.78, 5) is 4.11. The fraction of sp³-hybridized carbons (Fsp3) is 0.500. The number of anilines is 1. The summed E-state index contributed by atoms with van der Waals surface area (Å²) in [6.07, 6.45) is 4.94. The van der Waals surface area contributed by atoms with Gasteiger partial charge in [0.05, 0.1) is 0 Å². The number of hydrogen-bond acceptors (Lipinski definition) is 2. The number of pyridine rings is 1. The van der Waals surface area contributed by atoms with Crippen molar-refractivity contribution in [1.29, 1.82) is 0 Å². The summed E-state index contributed by atoms with van der Waals surface area (Å²) < 4.78 is 0. The van der Waals surface area contributed by atoms with E-state index in [0.29, 0.717) is 0 Å². The summed E-state index contributed by atoms with van der Waals surface area (Å²) in [5.41, 5.74) is 3.69. The summed E-state index contributed by atoms with van der Waals surface area (Å²) in [6, 6.07) is 0. The smallest absolute Gasteiger partial charge is 0.0430 e. The molecule has 0 fully saturated rings. The minimum Gasteiger partial charge on any atom is -0.385 e. The highest BCUT2D eigenvalue weighted by Gasteiger charge is 1.99. The molecule has 0 saturated heterocycles. The van der Waals surface area contributed by atoms with E-state index in [1.165, 1.54) is 16.8 Å². The van der Waals surface area contributed by atoms with Gasteiger partial charge in [-0.05, 0) is 31.4 Å². The molecule has 1 rings (SSSR count). The number of hydrogen-bond donors (Lipinski definition) is 1. The van der Waals surface area contributed by atoms with E-state index in [0.717, 1.165) is 13.0 Å². The van der Waals surface area contributed by atoms with E-state index >= 15 is 0 Å². The van der Waals surface area contributed by atoms with Gasteiger partial charge in [0.2, 0.25) is 0 Å². The zero-order chi connectivity index (χ0) is 8.97. The molecule has 12 heavy (non-hydrogen) atoms. The average Bonchev–Trinajstić information content (AvgIpc) is 2.04. The van der Waals surface area contributed by atoms with Crippen LogP contribution in [0.1, 0.15) is 24.5 Å². The van der Waals surface area contributed by atoms with E-state index in [1.54, 1.807) is 0 Å². The molecule has 1 N–H and O–H groups in total. The van der Waals surface area contributed by atoms with Gasteiger partial charge in [-0.1, -0.05) is 6.92 Å². The monoisotopic (exact) mass is 164 g/mol. The average molecular weight is 164 g/mol. The van der Waals surface area contributed by atoms with Crippen LogP contribution in [0.15, 0.2) is 12.4 Å². The van der Waals surface area contributed by atoms with Crippen molar-refractivity contribution in [3.8, 4) is 0 Å². The lowest BCUT2D eigenvalue weighted by atomic mass is 10.2. The van der Waals surface area contributed by atoms with Crippen LogP contribution in [0.4, 0.5) is 5.69 Å². The normalized spacial score (nSPS) is 9.92. The molecule has 1 aromatic rings. The van der Waals surface area contributed by atoms with Crippen molar-refractivity contribution in [1.82, 2.24) is 4.98 Å². The molecule has 0 aliphatic rings. The number of nitrogens with one attached hydrogen (secondary N) is 1. The molecule has 0 bridgehead atoms. The molecule has 0 amide bonds. The van der Waals surface area contributed by atoms with Crippen LogP contribution < -0.4 is 5.32 Å². The molecule has 0 aromatic carbocycles. The molecular formula is C10H16N2. The maximum absolute atomic E-state index is 4.11. The Hall–Kier alpha value is -1.05. The largest absolute Gasteiger partial charge is 0.385 e. The van der Waals surface area contributed by atoms with Gasteiger partial charge in [0.1, 0.15) is 0 Å². The van der Waals surface area contributed by atoms with Gasteiger partial charge in [0.25, 0.3) is 0 Å². The molecule has 0 unspecified atom stereocenters. The third-order valence-corrected chi connectivity index (χ3v) is 1.88. The molecule has 2 nitrogen and oxygen atoms in total. The van der Waals surface area contributed by atoms with Gasteiger partial charge in [0.15, 0.2) is 0 Å². The van der Waals surface area contributed by atoms with Crippen molar-refractivity contribution in [3.05, 3.63) is 23.5 Å². The van der Waals surface area contributed by atoms with Crippen LogP contribution in [0, 0.1) is 13.8 Å². The third kappa shape index (κ3) is 1.97. The first-order valence-corrected chi connectivity index (χ1v) is 4.40. The predicted molar refractivity (Wildman–Crippen MR) is 52.5 cm³/mol. The van der Waals surface area contributed by atoms with E-state index < -0.39 is 0 Å². The maximum atomic E-state index is 4.11. The first-order valence-electron chi connectivity index (χ1n) is 4.40. The van der Waals surface area contributed by atoms with E-state index in [-0.39, 0.29) is 0 Å². The van der Waals surface area contributed by atoms with Crippen LogP contribution in [0.25, 0.3) is 0 Å². The van der Waals surface area contributed by atoms with E-state index in [4.69, 9.17) is 0 Å². The molecule has 0 atom stereocenters. The predicted octanol–water partition coefficient (Wildman–Crippen LogP) is 2.52. The third-order valence-electron chi connectivity index (χ3n) is 1.88. The Morgan fingerprint density at radius 1 is 1.25 bits per heavy atom. The van der Waals surface area contributed by atoms with Crippen molar-refractivity contribution >= 4 is 5.69 Å². The summed E-state index contributed by atoms with van der Waals surface area (Å²) >= 11 is 0. The van der Waals surface area contributed by atoms with E-state index in [2.05, 4.69) is 31.1 Å². The van der Waals surface area contributed by atoms with Crippen LogP contribution in [-0.4, -0.2) is 11.5 Å². The van der Waals surface area contributed by atoms with Crippen molar-refractivity contribution in [2.75, 3.05) is 11.9 Å². The number of aryl methyl sites for hydroxylation is 2. The van der Waals surface area contributed by atoms with Gasteiger partial charge >= 0.3 is 0 Å². The number of nitrogens with zero attached hydrogens (tertiary/aromatic N) is 1. The standard InChI is InChI=1S/C10H16N2/c1-4-5-12-10-8(2)6-11-7-9(10)3/h6-7H,4-5H2,1-3H3,(H,11,12). The van der Waals surface area contributed by atoms with Crippen molar-refractivity contribution in [2.45, 2.75) is 27.2 Å². The van der Waals surface area contributed by atoms with Crippen molar-refractivity contribution in [3.63, 3.8) is 0 Å². The zero-order valence-electron chi connectivity index (χ0n) is 8.02. The lowest BCUT2D eigenvalue weighted by Gasteiger charge is -2.10. The molecule has 0 radical (unpaired) electrons. The summed E-state index contributed by atoms with van der Waals surface area (Å²) in [7, 11) is 0. The summed E-state index contributed by atoms with van der Waals surface area (Å²) in [5.74, 6) is 0. The Morgan fingerprint density at radius 2 is 1.83 bits per heavy atom. The highest BCUT2D eigenvalue weighted by molar-refractivity contribution is 5.54. The SMILES string of the molecule is CCCNc1c(C)cncc1C. The van der Waals surface area contributed by atoms with Gasteiger partial charge in [-0.25, -0.2) is 0 Å². The fourth-order valence-electron chi connectivity index (χ4n) is 1.23. The Bertz CT molecular complexity index is 236. The molecular weight excluding hydrogens is 148 g/mol.